The molecule has 19 heavy (non-hydrogen) atoms. The Bertz CT molecular complexity index is 367. The molecule has 1 saturated heterocycles. The summed E-state index contributed by atoms with van der Waals surface area (Å²) in [6, 6.07) is -0.253. The molecule has 2 atom stereocenters. The van der Waals surface area contributed by atoms with Crippen LogP contribution in [-0.2, 0) is 4.79 Å². The van der Waals surface area contributed by atoms with Crippen LogP contribution in [0.4, 0.5) is 4.79 Å². The summed E-state index contributed by atoms with van der Waals surface area (Å²) >= 11 is 1.58. The molecule has 0 aromatic heterocycles. The first kappa shape index (κ1) is 14.7. The van der Waals surface area contributed by atoms with E-state index in [2.05, 4.69) is 5.32 Å². The van der Waals surface area contributed by atoms with Gasteiger partial charge in [0.15, 0.2) is 0 Å². The molecule has 5 nitrogen and oxygen atoms in total. The van der Waals surface area contributed by atoms with Gasteiger partial charge in [-0.2, -0.15) is 11.8 Å². The first-order valence-corrected chi connectivity index (χ1v) is 7.95. The van der Waals surface area contributed by atoms with Crippen molar-refractivity contribution in [1.82, 2.24) is 10.2 Å². The summed E-state index contributed by atoms with van der Waals surface area (Å²) in [5, 5.41) is 12.4. The Morgan fingerprint density at radius 3 is 2.58 bits per heavy atom. The summed E-state index contributed by atoms with van der Waals surface area (Å²) in [7, 11) is 0. The second-order valence-electron chi connectivity index (χ2n) is 5.49. The third kappa shape index (κ3) is 2.89. The van der Waals surface area contributed by atoms with Gasteiger partial charge in [-0.25, -0.2) is 4.79 Å². The Morgan fingerprint density at radius 2 is 2.00 bits per heavy atom. The van der Waals surface area contributed by atoms with Gasteiger partial charge in [0, 0.05) is 17.5 Å². The van der Waals surface area contributed by atoms with Gasteiger partial charge in [0.25, 0.3) is 5.91 Å². The summed E-state index contributed by atoms with van der Waals surface area (Å²) in [5.74, 6) is 0.613. The molecule has 2 aliphatic rings. The van der Waals surface area contributed by atoms with Crippen LogP contribution in [0.5, 0.6) is 0 Å². The molecular formula is C13H22N2O3S. The van der Waals surface area contributed by atoms with E-state index in [1.54, 1.807) is 18.7 Å². The van der Waals surface area contributed by atoms with E-state index in [0.717, 1.165) is 25.7 Å². The number of nitrogens with one attached hydrogen (secondary N) is 1. The van der Waals surface area contributed by atoms with Gasteiger partial charge in [0.1, 0.15) is 5.54 Å². The molecule has 1 heterocycles. The lowest BCUT2D eigenvalue weighted by Gasteiger charge is -2.20. The average Bonchev–Trinajstić information content (AvgIpc) is 2.90. The lowest BCUT2D eigenvalue weighted by molar-refractivity contribution is -0.130. The number of aliphatic hydroxyl groups is 1. The van der Waals surface area contributed by atoms with Crippen molar-refractivity contribution in [3.8, 4) is 0 Å². The second-order valence-corrected chi connectivity index (χ2v) is 6.98. The molecule has 0 aromatic carbocycles. The smallest absolute Gasteiger partial charge is 0.325 e. The van der Waals surface area contributed by atoms with Crippen molar-refractivity contribution in [3.63, 3.8) is 0 Å². The normalized spacial score (nSPS) is 24.9. The predicted molar refractivity (Wildman–Crippen MR) is 75.0 cm³/mol. The van der Waals surface area contributed by atoms with Crippen LogP contribution in [0.2, 0.25) is 0 Å². The highest BCUT2D eigenvalue weighted by Gasteiger charge is 2.52. The van der Waals surface area contributed by atoms with E-state index in [4.69, 9.17) is 0 Å². The number of hydrogen-bond acceptors (Lipinski definition) is 4. The maximum absolute atomic E-state index is 12.3. The van der Waals surface area contributed by atoms with Crippen molar-refractivity contribution in [3.05, 3.63) is 0 Å². The zero-order valence-electron chi connectivity index (χ0n) is 11.5. The Hall–Kier alpha value is -0.750. The number of aliphatic hydroxyl groups excluding tert-OH is 1. The highest BCUT2D eigenvalue weighted by atomic mass is 32.2. The zero-order valence-corrected chi connectivity index (χ0v) is 12.3. The Morgan fingerprint density at radius 1 is 1.37 bits per heavy atom. The molecule has 0 bridgehead atoms. The number of amides is 3. The van der Waals surface area contributed by atoms with Gasteiger partial charge < -0.3 is 10.4 Å². The first-order chi connectivity index (χ1) is 8.96. The largest absolute Gasteiger partial charge is 0.392 e. The quantitative estimate of drug-likeness (QED) is 0.749. The number of imide groups is 1. The third-order valence-electron chi connectivity index (χ3n) is 4.08. The van der Waals surface area contributed by atoms with E-state index in [9.17, 15) is 14.7 Å². The highest BCUT2D eigenvalue weighted by Crippen LogP contribution is 2.35. The fourth-order valence-corrected chi connectivity index (χ4v) is 3.60. The molecule has 2 fully saturated rings. The number of urea groups is 1. The van der Waals surface area contributed by atoms with Crippen LogP contribution < -0.4 is 5.32 Å². The molecule has 6 heteroatoms. The molecule has 3 amide bonds. The fraction of sp³-hybridized carbons (Fsp3) is 0.846. The van der Waals surface area contributed by atoms with Crippen molar-refractivity contribution in [2.45, 2.75) is 56.4 Å². The van der Waals surface area contributed by atoms with Gasteiger partial charge >= 0.3 is 6.03 Å². The van der Waals surface area contributed by atoms with Crippen molar-refractivity contribution in [1.29, 1.82) is 0 Å². The maximum Gasteiger partial charge on any atom is 0.325 e. The summed E-state index contributed by atoms with van der Waals surface area (Å²) in [6.45, 7) is 4.12. The monoisotopic (exact) mass is 286 g/mol. The molecule has 108 valence electrons. The van der Waals surface area contributed by atoms with Crippen LogP contribution in [-0.4, -0.2) is 51.1 Å². The molecule has 0 unspecified atom stereocenters. The van der Waals surface area contributed by atoms with E-state index >= 15 is 0 Å². The van der Waals surface area contributed by atoms with Crippen LogP contribution in [0.1, 0.15) is 39.5 Å². The van der Waals surface area contributed by atoms with Gasteiger partial charge in [-0.15, -0.1) is 0 Å². The molecule has 1 spiro atoms. The van der Waals surface area contributed by atoms with Gasteiger partial charge in [-0.1, -0.05) is 19.8 Å². The second kappa shape index (κ2) is 5.71. The molecule has 1 aliphatic heterocycles. The van der Waals surface area contributed by atoms with Crippen molar-refractivity contribution in [2.24, 2.45) is 0 Å². The minimum absolute atomic E-state index is 0.0553. The van der Waals surface area contributed by atoms with E-state index in [1.807, 2.05) is 6.92 Å². The fourth-order valence-electron chi connectivity index (χ4n) is 2.67. The van der Waals surface area contributed by atoms with Crippen molar-refractivity contribution >= 4 is 23.7 Å². The number of hydrogen-bond donors (Lipinski definition) is 2. The maximum atomic E-state index is 12.3. The number of rotatable bonds is 5. The SMILES string of the molecule is C[C@H](O)[C@@H](C)SCCN1C(=O)NC2(CCCC2)C1=O. The number of nitrogens with zero attached hydrogens (tertiary/aromatic N) is 1. The van der Waals surface area contributed by atoms with Crippen LogP contribution in [0.3, 0.4) is 0 Å². The summed E-state index contributed by atoms with van der Waals surface area (Å²) in [5.41, 5.74) is -0.600. The molecule has 1 aliphatic carbocycles. The zero-order chi connectivity index (χ0) is 14.0. The van der Waals surface area contributed by atoms with Gasteiger partial charge in [0.05, 0.1) is 6.10 Å². The minimum atomic E-state index is -0.600. The third-order valence-corrected chi connectivity index (χ3v) is 5.42. The van der Waals surface area contributed by atoms with Gasteiger partial charge in [-0.05, 0) is 19.8 Å². The van der Waals surface area contributed by atoms with Gasteiger partial charge in [0.2, 0.25) is 0 Å². The first-order valence-electron chi connectivity index (χ1n) is 6.90. The molecule has 2 rings (SSSR count). The van der Waals surface area contributed by atoms with Crippen LogP contribution >= 0.6 is 11.8 Å². The molecule has 1 saturated carbocycles. The van der Waals surface area contributed by atoms with Crippen molar-refractivity contribution in [2.75, 3.05) is 12.3 Å². The topological polar surface area (TPSA) is 69.6 Å². The van der Waals surface area contributed by atoms with Crippen LogP contribution in [0.15, 0.2) is 0 Å². The van der Waals surface area contributed by atoms with E-state index in [0.29, 0.717) is 12.3 Å². The van der Waals surface area contributed by atoms with Crippen LogP contribution in [0.25, 0.3) is 0 Å². The predicted octanol–water partition coefficient (Wildman–Crippen LogP) is 1.35. The number of carbonyl (C=O) groups excluding carboxylic acids is 2. The van der Waals surface area contributed by atoms with E-state index < -0.39 is 5.54 Å². The van der Waals surface area contributed by atoms with Gasteiger partial charge in [-0.3, -0.25) is 9.69 Å². The summed E-state index contributed by atoms with van der Waals surface area (Å²) in [6.07, 6.45) is 3.17. The number of thioether (sulfide) groups is 1. The lowest BCUT2D eigenvalue weighted by atomic mass is 9.98. The minimum Gasteiger partial charge on any atom is -0.392 e. The van der Waals surface area contributed by atoms with Crippen LogP contribution in [0, 0.1) is 0 Å². The standard InChI is InChI=1S/C13H22N2O3S/c1-9(16)10(2)19-8-7-15-11(17)13(14-12(15)18)5-3-4-6-13/h9-10,16H,3-8H2,1-2H3,(H,14,18)/t9-,10+/m0/s1. The molecule has 2 N–H and O–H groups in total. The molecule has 0 aromatic rings. The highest BCUT2D eigenvalue weighted by molar-refractivity contribution is 7.99. The lowest BCUT2D eigenvalue weighted by Crippen LogP contribution is -2.44. The Kier molecular flexibility index (Phi) is 4.40. The Balaban J connectivity index is 1.87. The van der Waals surface area contributed by atoms with Crippen molar-refractivity contribution < 1.29 is 14.7 Å². The molecule has 0 radical (unpaired) electrons. The summed E-state index contributed by atoms with van der Waals surface area (Å²) < 4.78 is 0. The number of carbonyl (C=O) groups is 2. The molecular weight excluding hydrogens is 264 g/mol. The summed E-state index contributed by atoms with van der Waals surface area (Å²) in [4.78, 5) is 25.6. The average molecular weight is 286 g/mol. The van der Waals surface area contributed by atoms with E-state index in [-0.39, 0.29) is 23.3 Å². The van der Waals surface area contributed by atoms with E-state index in [1.165, 1.54) is 4.90 Å². The Labute approximate surface area is 118 Å².